The number of hydrogen-bond acceptors (Lipinski definition) is 4. The molecule has 0 aliphatic carbocycles. The number of thioether (sulfide) groups is 1. The van der Waals surface area contributed by atoms with Gasteiger partial charge in [0.15, 0.2) is 0 Å². The molecule has 0 aromatic heterocycles. The minimum Gasteiger partial charge on any atom is -0.488 e. The van der Waals surface area contributed by atoms with Gasteiger partial charge in [-0.25, -0.2) is 0 Å². The first-order chi connectivity index (χ1) is 12.5. The van der Waals surface area contributed by atoms with Crippen LogP contribution < -0.4 is 4.74 Å². The van der Waals surface area contributed by atoms with E-state index in [0.717, 1.165) is 22.4 Å². The van der Waals surface area contributed by atoms with Crippen molar-refractivity contribution in [2.45, 2.75) is 27.4 Å². The van der Waals surface area contributed by atoms with Crippen LogP contribution in [-0.4, -0.2) is 21.7 Å². The molecule has 134 valence electrons. The molecule has 26 heavy (non-hydrogen) atoms. The molecular formula is C21H21NO2S2. The lowest BCUT2D eigenvalue weighted by atomic mass is 10.1. The largest absolute Gasteiger partial charge is 0.488 e. The second-order valence-corrected chi connectivity index (χ2v) is 7.86. The molecule has 0 N–H and O–H groups in total. The molecular weight excluding hydrogens is 362 g/mol. The summed E-state index contributed by atoms with van der Waals surface area (Å²) < 4.78 is 6.68. The van der Waals surface area contributed by atoms with Crippen molar-refractivity contribution in [3.05, 3.63) is 69.6 Å². The predicted molar refractivity (Wildman–Crippen MR) is 112 cm³/mol. The van der Waals surface area contributed by atoms with Crippen LogP contribution in [-0.2, 0) is 11.4 Å². The summed E-state index contributed by atoms with van der Waals surface area (Å²) in [6, 6.07) is 14.2. The van der Waals surface area contributed by atoms with Crippen molar-refractivity contribution in [2.75, 3.05) is 6.54 Å². The van der Waals surface area contributed by atoms with Crippen LogP contribution in [0.2, 0.25) is 0 Å². The second-order valence-electron chi connectivity index (χ2n) is 6.18. The molecule has 1 amide bonds. The fraction of sp³-hybridized carbons (Fsp3) is 0.238. The lowest BCUT2D eigenvalue weighted by Crippen LogP contribution is -2.27. The first kappa shape index (κ1) is 18.7. The molecule has 1 heterocycles. The van der Waals surface area contributed by atoms with Crippen molar-refractivity contribution >= 4 is 40.3 Å². The van der Waals surface area contributed by atoms with Crippen LogP contribution in [0.1, 0.15) is 29.2 Å². The maximum absolute atomic E-state index is 12.5. The van der Waals surface area contributed by atoms with Crippen molar-refractivity contribution in [1.82, 2.24) is 4.90 Å². The highest BCUT2D eigenvalue weighted by Crippen LogP contribution is 2.34. The van der Waals surface area contributed by atoms with Gasteiger partial charge in [0, 0.05) is 12.1 Å². The monoisotopic (exact) mass is 383 g/mol. The quantitative estimate of drug-likeness (QED) is 0.530. The summed E-state index contributed by atoms with van der Waals surface area (Å²) in [6.45, 7) is 7.11. The molecule has 2 aromatic rings. The van der Waals surface area contributed by atoms with E-state index in [1.807, 2.05) is 50.3 Å². The van der Waals surface area contributed by atoms with Crippen LogP contribution in [0.25, 0.3) is 6.08 Å². The van der Waals surface area contributed by atoms with Crippen LogP contribution in [0, 0.1) is 13.8 Å². The number of hydrogen-bond donors (Lipinski definition) is 0. The Labute approximate surface area is 164 Å². The maximum atomic E-state index is 12.5. The fourth-order valence-corrected chi connectivity index (χ4v) is 4.13. The minimum atomic E-state index is -0.0335. The lowest BCUT2D eigenvalue weighted by molar-refractivity contribution is -0.121. The SMILES string of the molecule is CCN1C(=O)C(=Cc2cc(C)ccc2OCc2ccccc2C)SC1=S. The second kappa shape index (κ2) is 8.06. The van der Waals surface area contributed by atoms with Gasteiger partial charge in [0.05, 0.1) is 4.91 Å². The molecule has 5 heteroatoms. The van der Waals surface area contributed by atoms with E-state index >= 15 is 0 Å². The fourth-order valence-electron chi connectivity index (χ4n) is 2.75. The van der Waals surface area contributed by atoms with Crippen molar-refractivity contribution in [1.29, 1.82) is 0 Å². The number of aryl methyl sites for hydroxylation is 2. The molecule has 0 saturated carbocycles. The Morgan fingerprint density at radius 3 is 2.65 bits per heavy atom. The van der Waals surface area contributed by atoms with E-state index in [1.54, 1.807) is 4.90 Å². The Hall–Kier alpha value is -2.11. The van der Waals surface area contributed by atoms with Gasteiger partial charge in [0.1, 0.15) is 16.7 Å². The molecule has 0 spiro atoms. The van der Waals surface area contributed by atoms with Gasteiger partial charge < -0.3 is 4.74 Å². The van der Waals surface area contributed by atoms with E-state index in [2.05, 4.69) is 19.1 Å². The Morgan fingerprint density at radius 1 is 1.19 bits per heavy atom. The number of amides is 1. The van der Waals surface area contributed by atoms with E-state index < -0.39 is 0 Å². The van der Waals surface area contributed by atoms with Crippen LogP contribution in [0.5, 0.6) is 5.75 Å². The first-order valence-corrected chi connectivity index (χ1v) is 9.75. The average molecular weight is 384 g/mol. The van der Waals surface area contributed by atoms with Crippen LogP contribution in [0.15, 0.2) is 47.4 Å². The number of carbonyl (C=O) groups excluding carboxylic acids is 1. The van der Waals surface area contributed by atoms with Crippen LogP contribution in [0.3, 0.4) is 0 Å². The van der Waals surface area contributed by atoms with Crippen molar-refractivity contribution < 1.29 is 9.53 Å². The van der Waals surface area contributed by atoms with E-state index in [-0.39, 0.29) is 5.91 Å². The van der Waals surface area contributed by atoms with Crippen molar-refractivity contribution in [2.24, 2.45) is 0 Å². The number of likely N-dealkylation sites (N-methyl/N-ethyl adjacent to an activating group) is 1. The number of rotatable bonds is 5. The van der Waals surface area contributed by atoms with E-state index in [4.69, 9.17) is 17.0 Å². The Kier molecular flexibility index (Phi) is 5.79. The first-order valence-electron chi connectivity index (χ1n) is 8.53. The molecule has 1 aliphatic heterocycles. The summed E-state index contributed by atoms with van der Waals surface area (Å²) in [7, 11) is 0. The normalized spacial score (nSPS) is 15.8. The highest BCUT2D eigenvalue weighted by Gasteiger charge is 2.30. The topological polar surface area (TPSA) is 29.5 Å². The smallest absolute Gasteiger partial charge is 0.266 e. The Balaban J connectivity index is 1.87. The zero-order chi connectivity index (χ0) is 18.7. The number of ether oxygens (including phenoxy) is 1. The van der Waals surface area contributed by atoms with Gasteiger partial charge in [-0.05, 0) is 50.1 Å². The molecule has 2 aromatic carbocycles. The molecule has 3 rings (SSSR count). The molecule has 1 fully saturated rings. The summed E-state index contributed by atoms with van der Waals surface area (Å²) in [6.07, 6.45) is 1.88. The number of carbonyl (C=O) groups is 1. The number of benzene rings is 2. The van der Waals surface area contributed by atoms with Crippen LogP contribution in [0.4, 0.5) is 0 Å². The van der Waals surface area contributed by atoms with Gasteiger partial charge in [0.25, 0.3) is 5.91 Å². The van der Waals surface area contributed by atoms with E-state index in [1.165, 1.54) is 17.3 Å². The van der Waals surface area contributed by atoms with Gasteiger partial charge in [-0.1, -0.05) is 59.9 Å². The molecule has 1 aliphatic rings. The lowest BCUT2D eigenvalue weighted by Gasteiger charge is -2.12. The van der Waals surface area contributed by atoms with Gasteiger partial charge in [-0.3, -0.25) is 9.69 Å². The molecule has 3 nitrogen and oxygen atoms in total. The molecule has 0 bridgehead atoms. The maximum Gasteiger partial charge on any atom is 0.266 e. The van der Waals surface area contributed by atoms with Crippen molar-refractivity contribution in [3.63, 3.8) is 0 Å². The zero-order valence-electron chi connectivity index (χ0n) is 15.1. The van der Waals surface area contributed by atoms with Gasteiger partial charge >= 0.3 is 0 Å². The summed E-state index contributed by atoms with van der Waals surface area (Å²) in [5.74, 6) is 0.731. The third-order valence-electron chi connectivity index (χ3n) is 4.29. The van der Waals surface area contributed by atoms with E-state index in [9.17, 15) is 4.79 Å². The van der Waals surface area contributed by atoms with Gasteiger partial charge in [-0.2, -0.15) is 0 Å². The molecule has 0 atom stereocenters. The summed E-state index contributed by atoms with van der Waals surface area (Å²) in [4.78, 5) is 14.7. The molecule has 0 unspecified atom stereocenters. The van der Waals surface area contributed by atoms with Gasteiger partial charge in [0.2, 0.25) is 0 Å². The summed E-state index contributed by atoms with van der Waals surface area (Å²) in [5.41, 5.74) is 4.36. The third-order valence-corrected chi connectivity index (χ3v) is 5.66. The number of thiocarbonyl (C=S) groups is 1. The zero-order valence-corrected chi connectivity index (χ0v) is 16.7. The minimum absolute atomic E-state index is 0.0335. The van der Waals surface area contributed by atoms with Crippen molar-refractivity contribution in [3.8, 4) is 5.75 Å². The molecule has 0 radical (unpaired) electrons. The highest BCUT2D eigenvalue weighted by atomic mass is 32.2. The summed E-state index contributed by atoms with van der Waals surface area (Å²) >= 11 is 6.64. The Morgan fingerprint density at radius 2 is 1.96 bits per heavy atom. The standard InChI is InChI=1S/C21H21NO2S2/c1-4-22-20(23)19(26-21(22)25)12-17-11-14(2)9-10-18(17)24-13-16-8-6-5-7-15(16)3/h5-12H,4,13H2,1-3H3. The summed E-state index contributed by atoms with van der Waals surface area (Å²) in [5, 5.41) is 0. The number of nitrogens with zero attached hydrogens (tertiary/aromatic N) is 1. The van der Waals surface area contributed by atoms with E-state index in [0.29, 0.717) is 22.4 Å². The Bertz CT molecular complexity index is 889. The van der Waals surface area contributed by atoms with Gasteiger partial charge in [-0.15, -0.1) is 0 Å². The third kappa shape index (κ3) is 4.00. The van der Waals surface area contributed by atoms with Crippen LogP contribution >= 0.6 is 24.0 Å². The highest BCUT2D eigenvalue weighted by molar-refractivity contribution is 8.26. The molecule has 1 saturated heterocycles. The predicted octanol–water partition coefficient (Wildman–Crippen LogP) is 5.10. The average Bonchev–Trinajstić information content (AvgIpc) is 2.88.